The van der Waals surface area contributed by atoms with Crippen molar-refractivity contribution in [3.63, 3.8) is 0 Å². The van der Waals surface area contributed by atoms with Gasteiger partial charge in [-0.15, -0.1) is 0 Å². The number of carbonyl (C=O) groups is 1. The van der Waals surface area contributed by atoms with Crippen molar-refractivity contribution in [1.82, 2.24) is 19.9 Å². The van der Waals surface area contributed by atoms with Gasteiger partial charge >= 0.3 is 0 Å². The number of aromatic nitrogens is 1. The summed E-state index contributed by atoms with van der Waals surface area (Å²) in [6.07, 6.45) is 3.89. The minimum Gasteiger partial charge on any atom is -0.350 e. The zero-order valence-corrected chi connectivity index (χ0v) is 12.9. The van der Waals surface area contributed by atoms with Crippen LogP contribution >= 0.6 is 0 Å². The minimum absolute atomic E-state index is 0.0966. The summed E-state index contributed by atoms with van der Waals surface area (Å²) in [7, 11) is -1.93. The Bertz CT molecular complexity index is 576. The monoisotopic (exact) mass is 314 g/mol. The average molecular weight is 314 g/mol. The lowest BCUT2D eigenvalue weighted by molar-refractivity contribution is 0.0943. The molecule has 1 fully saturated rings. The van der Waals surface area contributed by atoms with Crippen molar-refractivity contribution in [3.8, 4) is 0 Å². The fraction of sp³-hybridized carbons (Fsp3) is 0.615. The van der Waals surface area contributed by atoms with Crippen LogP contribution in [0.2, 0.25) is 0 Å². The van der Waals surface area contributed by atoms with Crippen molar-refractivity contribution in [2.45, 2.75) is 18.9 Å². The van der Waals surface area contributed by atoms with E-state index in [-0.39, 0.29) is 18.2 Å². The first-order chi connectivity index (χ1) is 10.0. The second-order valence-corrected chi connectivity index (χ2v) is 7.11. The molecule has 0 aliphatic carbocycles. The highest BCUT2D eigenvalue weighted by atomic mass is 32.2. The Morgan fingerprint density at radius 2 is 2.14 bits per heavy atom. The van der Waals surface area contributed by atoms with E-state index in [0.717, 1.165) is 25.9 Å². The summed E-state index contributed by atoms with van der Waals surface area (Å²) in [6.45, 7) is 1.99. The molecule has 0 radical (unpaired) electrons. The molecule has 118 valence electrons. The molecule has 1 amide bonds. The maximum atomic E-state index is 12.2. The molecule has 2 heterocycles. The maximum absolute atomic E-state index is 12.2. The van der Waals surface area contributed by atoms with Gasteiger partial charge in [-0.1, -0.05) is 0 Å². The highest BCUT2D eigenvalue weighted by Gasteiger charge is 2.20. The minimum atomic E-state index is -3.29. The van der Waals surface area contributed by atoms with Crippen molar-refractivity contribution in [2.24, 2.45) is 0 Å². The Morgan fingerprint density at radius 1 is 1.43 bits per heavy atom. The maximum Gasteiger partial charge on any atom is 0.267 e. The van der Waals surface area contributed by atoms with Gasteiger partial charge in [-0.3, -0.25) is 4.79 Å². The van der Waals surface area contributed by atoms with Gasteiger partial charge in [0.1, 0.15) is 5.69 Å². The Balaban J connectivity index is 1.95. The molecule has 0 saturated carbocycles. The van der Waals surface area contributed by atoms with E-state index in [9.17, 15) is 13.2 Å². The number of sulfonamides is 1. The molecule has 8 heteroatoms. The molecule has 1 aliphatic rings. The van der Waals surface area contributed by atoms with Crippen molar-refractivity contribution in [2.75, 3.05) is 32.4 Å². The average Bonchev–Trinajstić information content (AvgIpc) is 2.97. The third kappa shape index (κ3) is 4.29. The van der Waals surface area contributed by atoms with E-state index >= 15 is 0 Å². The summed E-state index contributed by atoms with van der Waals surface area (Å²) in [6, 6.07) is 3.94. The smallest absolute Gasteiger partial charge is 0.267 e. The van der Waals surface area contributed by atoms with Crippen LogP contribution in [0.1, 0.15) is 29.4 Å². The van der Waals surface area contributed by atoms with Crippen molar-refractivity contribution < 1.29 is 13.2 Å². The normalized spacial score (nSPS) is 16.8. The van der Waals surface area contributed by atoms with Crippen molar-refractivity contribution in [3.05, 3.63) is 24.0 Å². The van der Waals surface area contributed by atoms with E-state index < -0.39 is 10.0 Å². The first-order valence-corrected chi connectivity index (χ1v) is 8.76. The highest BCUT2D eigenvalue weighted by Crippen LogP contribution is 2.21. The zero-order chi connectivity index (χ0) is 15.3. The van der Waals surface area contributed by atoms with E-state index in [1.54, 1.807) is 6.07 Å². The van der Waals surface area contributed by atoms with Crippen LogP contribution in [0.25, 0.3) is 0 Å². The lowest BCUT2D eigenvalue weighted by atomic mass is 10.1. The summed E-state index contributed by atoms with van der Waals surface area (Å²) < 4.78 is 26.8. The lowest BCUT2D eigenvalue weighted by Crippen LogP contribution is -2.35. The molecule has 0 atom stereocenters. The molecule has 1 aromatic heterocycles. The summed E-state index contributed by atoms with van der Waals surface area (Å²) in [5.41, 5.74) is 0.587. The van der Waals surface area contributed by atoms with Crippen molar-refractivity contribution >= 4 is 15.9 Å². The fourth-order valence-electron chi connectivity index (χ4n) is 2.48. The molecule has 1 aromatic rings. The summed E-state index contributed by atoms with van der Waals surface area (Å²) in [4.78, 5) is 12.2. The summed E-state index contributed by atoms with van der Waals surface area (Å²) in [5.74, 6) is -0.353. The van der Waals surface area contributed by atoms with Gasteiger partial charge in [-0.2, -0.15) is 0 Å². The van der Waals surface area contributed by atoms with E-state index in [1.807, 2.05) is 16.8 Å². The zero-order valence-electron chi connectivity index (χ0n) is 12.1. The number of nitrogens with zero attached hydrogens (tertiary/aromatic N) is 1. The number of piperidine rings is 1. The number of carbonyl (C=O) groups excluding carboxylic acids is 1. The predicted octanol–water partition coefficient (Wildman–Crippen LogP) is -0.308. The van der Waals surface area contributed by atoms with Gasteiger partial charge in [0.25, 0.3) is 5.91 Å². The summed E-state index contributed by atoms with van der Waals surface area (Å²) in [5, 5.41) is 5.96. The Morgan fingerprint density at radius 3 is 2.81 bits per heavy atom. The predicted molar refractivity (Wildman–Crippen MR) is 80.8 cm³/mol. The van der Waals surface area contributed by atoms with E-state index in [0.29, 0.717) is 11.7 Å². The van der Waals surface area contributed by atoms with Crippen LogP contribution in [0.15, 0.2) is 18.3 Å². The molecule has 0 spiro atoms. The second kappa shape index (κ2) is 7.06. The molecule has 1 saturated heterocycles. The first-order valence-electron chi connectivity index (χ1n) is 7.10. The topological polar surface area (TPSA) is 92.2 Å². The van der Waals surface area contributed by atoms with Crippen LogP contribution < -0.4 is 15.4 Å². The van der Waals surface area contributed by atoms with Gasteiger partial charge in [-0.25, -0.2) is 13.1 Å². The van der Waals surface area contributed by atoms with E-state index in [4.69, 9.17) is 0 Å². The Hall–Kier alpha value is -1.38. The molecular weight excluding hydrogens is 292 g/mol. The third-order valence-electron chi connectivity index (χ3n) is 3.68. The molecule has 7 nitrogen and oxygen atoms in total. The van der Waals surface area contributed by atoms with Crippen LogP contribution in [-0.4, -0.2) is 51.3 Å². The molecule has 0 aromatic carbocycles. The fourth-order valence-corrected chi connectivity index (χ4v) is 3.06. The first kappa shape index (κ1) is 16.0. The van der Waals surface area contributed by atoms with E-state index in [1.165, 1.54) is 7.05 Å². The second-order valence-electron chi connectivity index (χ2n) is 5.06. The Labute approximate surface area is 125 Å². The molecule has 2 rings (SSSR count). The lowest BCUT2D eigenvalue weighted by Gasteiger charge is -2.25. The molecule has 21 heavy (non-hydrogen) atoms. The molecule has 1 aliphatic heterocycles. The number of rotatable bonds is 6. The van der Waals surface area contributed by atoms with Gasteiger partial charge in [0, 0.05) is 18.8 Å². The van der Waals surface area contributed by atoms with Crippen LogP contribution in [0, 0.1) is 0 Å². The van der Waals surface area contributed by atoms with Gasteiger partial charge < -0.3 is 15.2 Å². The van der Waals surface area contributed by atoms with Crippen LogP contribution in [0.5, 0.6) is 0 Å². The van der Waals surface area contributed by atoms with Gasteiger partial charge in [0.2, 0.25) is 10.0 Å². The molecule has 3 N–H and O–H groups in total. The SMILES string of the molecule is CNS(=O)(=O)CCNC(=O)c1cccn1C1CCNCC1. The van der Waals surface area contributed by atoms with Crippen molar-refractivity contribution in [1.29, 1.82) is 0 Å². The number of nitrogens with one attached hydrogen (secondary N) is 3. The number of hydrogen-bond acceptors (Lipinski definition) is 4. The standard InChI is InChI=1S/C13H22N4O3S/c1-14-21(19,20)10-8-16-13(18)12-3-2-9-17(12)11-4-6-15-7-5-11/h2-3,9,11,14-15H,4-8,10H2,1H3,(H,16,18). The van der Waals surface area contributed by atoms with Crippen LogP contribution in [0.3, 0.4) is 0 Å². The third-order valence-corrected chi connectivity index (χ3v) is 5.04. The summed E-state index contributed by atoms with van der Waals surface area (Å²) >= 11 is 0. The molecular formula is C13H22N4O3S. The Kier molecular flexibility index (Phi) is 5.38. The van der Waals surface area contributed by atoms with Gasteiger partial charge in [-0.05, 0) is 45.1 Å². The molecule has 0 bridgehead atoms. The van der Waals surface area contributed by atoms with Crippen LogP contribution in [0.4, 0.5) is 0 Å². The van der Waals surface area contributed by atoms with E-state index in [2.05, 4.69) is 15.4 Å². The van der Waals surface area contributed by atoms with Gasteiger partial charge in [0.05, 0.1) is 5.75 Å². The largest absolute Gasteiger partial charge is 0.350 e. The number of amides is 1. The molecule has 0 unspecified atom stereocenters. The number of hydrogen-bond donors (Lipinski definition) is 3. The quantitative estimate of drug-likeness (QED) is 0.672. The van der Waals surface area contributed by atoms with Gasteiger partial charge in [0.15, 0.2) is 0 Å². The van der Waals surface area contributed by atoms with Crippen LogP contribution in [-0.2, 0) is 10.0 Å². The highest BCUT2D eigenvalue weighted by molar-refractivity contribution is 7.89.